The van der Waals surface area contributed by atoms with Gasteiger partial charge in [0.1, 0.15) is 5.75 Å². The van der Waals surface area contributed by atoms with E-state index in [1.807, 2.05) is 38.1 Å². The van der Waals surface area contributed by atoms with E-state index < -0.39 is 6.36 Å². The van der Waals surface area contributed by atoms with Crippen LogP contribution in [0.1, 0.15) is 13.8 Å². The average molecular weight is 514 g/mol. The number of benzene rings is 2. The number of carbonyl (C=O) groups excluding carboxylic acids is 1. The number of thioether (sulfide) groups is 1. The minimum absolute atomic E-state index is 0.0207. The lowest BCUT2D eigenvalue weighted by Gasteiger charge is -2.14. The van der Waals surface area contributed by atoms with E-state index in [1.165, 1.54) is 36.0 Å². The SMILES string of the molecule is CC(C)NC(=O)CSc1ncc(-c2ccc(Br)cc2)n1-c1ccc(OC(F)(F)F)cc1. The lowest BCUT2D eigenvalue weighted by Crippen LogP contribution is -2.31. The van der Waals surface area contributed by atoms with E-state index in [2.05, 4.69) is 31.0 Å². The highest BCUT2D eigenvalue weighted by Crippen LogP contribution is 2.32. The van der Waals surface area contributed by atoms with E-state index in [-0.39, 0.29) is 23.5 Å². The van der Waals surface area contributed by atoms with Crippen LogP contribution in [0.25, 0.3) is 16.9 Å². The molecule has 1 aromatic heterocycles. The van der Waals surface area contributed by atoms with E-state index in [1.54, 1.807) is 10.8 Å². The van der Waals surface area contributed by atoms with Crippen LogP contribution in [0.15, 0.2) is 64.4 Å². The molecule has 0 aliphatic rings. The summed E-state index contributed by atoms with van der Waals surface area (Å²) in [6.07, 6.45) is -3.09. The van der Waals surface area contributed by atoms with Crippen LogP contribution in [0.5, 0.6) is 5.75 Å². The van der Waals surface area contributed by atoms with Crippen molar-refractivity contribution in [2.75, 3.05) is 5.75 Å². The molecule has 0 spiro atoms. The number of rotatable bonds is 7. The number of imidazole rings is 1. The van der Waals surface area contributed by atoms with Crippen molar-refractivity contribution in [1.82, 2.24) is 14.9 Å². The van der Waals surface area contributed by atoms with Gasteiger partial charge in [0.25, 0.3) is 0 Å². The summed E-state index contributed by atoms with van der Waals surface area (Å²) in [5, 5.41) is 3.36. The van der Waals surface area contributed by atoms with Crippen LogP contribution in [-0.4, -0.2) is 33.6 Å². The van der Waals surface area contributed by atoms with Gasteiger partial charge in [-0.25, -0.2) is 4.98 Å². The summed E-state index contributed by atoms with van der Waals surface area (Å²) < 4.78 is 44.1. The molecule has 31 heavy (non-hydrogen) atoms. The zero-order valence-electron chi connectivity index (χ0n) is 16.6. The molecule has 2 aromatic carbocycles. The Balaban J connectivity index is 1.95. The van der Waals surface area contributed by atoms with Crippen molar-refractivity contribution < 1.29 is 22.7 Å². The van der Waals surface area contributed by atoms with E-state index in [4.69, 9.17) is 0 Å². The van der Waals surface area contributed by atoms with Gasteiger partial charge in [0.15, 0.2) is 5.16 Å². The van der Waals surface area contributed by atoms with Crippen molar-refractivity contribution in [3.05, 3.63) is 59.2 Å². The Morgan fingerprint density at radius 3 is 2.39 bits per heavy atom. The fourth-order valence-corrected chi connectivity index (χ4v) is 3.87. The molecule has 0 fully saturated rings. The number of halogens is 4. The summed E-state index contributed by atoms with van der Waals surface area (Å²) >= 11 is 4.65. The first kappa shape index (κ1) is 23.2. The van der Waals surface area contributed by atoms with Gasteiger partial charge in [0.05, 0.1) is 17.6 Å². The molecule has 0 atom stereocenters. The van der Waals surface area contributed by atoms with Crippen LogP contribution in [0.4, 0.5) is 13.2 Å². The summed E-state index contributed by atoms with van der Waals surface area (Å²) in [5.74, 6) is -0.287. The highest BCUT2D eigenvalue weighted by molar-refractivity contribution is 9.10. The Bertz CT molecular complexity index is 1040. The topological polar surface area (TPSA) is 56.2 Å². The Hall–Kier alpha value is -2.46. The Kier molecular flexibility index (Phi) is 7.32. The van der Waals surface area contributed by atoms with E-state index in [0.717, 1.165) is 15.7 Å². The van der Waals surface area contributed by atoms with Gasteiger partial charge in [-0.1, -0.05) is 39.8 Å². The minimum Gasteiger partial charge on any atom is -0.406 e. The highest BCUT2D eigenvalue weighted by atomic mass is 79.9. The van der Waals surface area contributed by atoms with Crippen molar-refractivity contribution >= 4 is 33.6 Å². The molecule has 0 bridgehead atoms. The van der Waals surface area contributed by atoms with E-state index in [9.17, 15) is 18.0 Å². The number of nitrogens with zero attached hydrogens (tertiary/aromatic N) is 2. The maximum Gasteiger partial charge on any atom is 0.573 e. The fraction of sp³-hybridized carbons (Fsp3) is 0.238. The second-order valence-corrected chi connectivity index (χ2v) is 8.68. The highest BCUT2D eigenvalue weighted by Gasteiger charge is 2.31. The van der Waals surface area contributed by atoms with Crippen LogP contribution in [0.3, 0.4) is 0 Å². The molecule has 3 rings (SSSR count). The number of hydrogen-bond donors (Lipinski definition) is 1. The van der Waals surface area contributed by atoms with Crippen LogP contribution >= 0.6 is 27.7 Å². The van der Waals surface area contributed by atoms with Gasteiger partial charge in [0, 0.05) is 21.8 Å². The molecule has 1 N–H and O–H groups in total. The molecule has 0 radical (unpaired) electrons. The van der Waals surface area contributed by atoms with E-state index in [0.29, 0.717) is 10.8 Å². The third kappa shape index (κ3) is 6.51. The predicted octanol–water partition coefficient (Wildman–Crippen LogP) is 5.82. The number of aromatic nitrogens is 2. The number of carbonyl (C=O) groups is 1. The molecule has 1 heterocycles. The van der Waals surface area contributed by atoms with Crippen molar-refractivity contribution in [1.29, 1.82) is 0 Å². The maximum absolute atomic E-state index is 12.5. The summed E-state index contributed by atoms with van der Waals surface area (Å²) in [5.41, 5.74) is 2.20. The second kappa shape index (κ2) is 9.78. The van der Waals surface area contributed by atoms with Crippen molar-refractivity contribution in [2.45, 2.75) is 31.4 Å². The molecule has 1 amide bonds. The molecule has 0 unspecified atom stereocenters. The molecular weight excluding hydrogens is 495 g/mol. The molecule has 0 aliphatic heterocycles. The lowest BCUT2D eigenvalue weighted by molar-refractivity contribution is -0.274. The molecule has 5 nitrogen and oxygen atoms in total. The number of amides is 1. The van der Waals surface area contributed by atoms with Gasteiger partial charge in [-0.05, 0) is 50.2 Å². The second-order valence-electron chi connectivity index (χ2n) is 6.82. The fourth-order valence-electron chi connectivity index (χ4n) is 2.80. The first-order chi connectivity index (χ1) is 14.6. The van der Waals surface area contributed by atoms with Gasteiger partial charge >= 0.3 is 6.36 Å². The van der Waals surface area contributed by atoms with Crippen molar-refractivity contribution in [3.8, 4) is 22.7 Å². The van der Waals surface area contributed by atoms with Crippen LogP contribution in [0.2, 0.25) is 0 Å². The lowest BCUT2D eigenvalue weighted by atomic mass is 10.1. The van der Waals surface area contributed by atoms with Crippen LogP contribution in [0, 0.1) is 0 Å². The van der Waals surface area contributed by atoms with Gasteiger partial charge < -0.3 is 10.1 Å². The number of alkyl halides is 3. The number of ether oxygens (including phenoxy) is 1. The van der Waals surface area contributed by atoms with Crippen LogP contribution < -0.4 is 10.1 Å². The van der Waals surface area contributed by atoms with E-state index >= 15 is 0 Å². The van der Waals surface area contributed by atoms with Gasteiger partial charge in [0.2, 0.25) is 5.91 Å². The molecule has 3 aromatic rings. The van der Waals surface area contributed by atoms with Gasteiger partial charge in [-0.3, -0.25) is 9.36 Å². The van der Waals surface area contributed by atoms with Gasteiger partial charge in [-0.2, -0.15) is 0 Å². The van der Waals surface area contributed by atoms with Crippen molar-refractivity contribution in [3.63, 3.8) is 0 Å². The quantitative estimate of drug-likeness (QED) is 0.404. The molecule has 0 saturated carbocycles. The summed E-state index contributed by atoms with van der Waals surface area (Å²) in [4.78, 5) is 16.5. The van der Waals surface area contributed by atoms with Gasteiger partial charge in [-0.15, -0.1) is 13.2 Å². The van der Waals surface area contributed by atoms with Crippen LogP contribution in [-0.2, 0) is 4.79 Å². The first-order valence-corrected chi connectivity index (χ1v) is 11.0. The normalized spacial score (nSPS) is 11.6. The smallest absolute Gasteiger partial charge is 0.406 e. The zero-order chi connectivity index (χ0) is 22.6. The maximum atomic E-state index is 12.5. The molecule has 164 valence electrons. The number of nitrogens with one attached hydrogen (secondary N) is 1. The summed E-state index contributed by atoms with van der Waals surface area (Å²) in [6, 6.07) is 13.1. The molecule has 10 heteroatoms. The Morgan fingerprint density at radius 2 is 1.81 bits per heavy atom. The first-order valence-electron chi connectivity index (χ1n) is 9.24. The third-order valence-electron chi connectivity index (χ3n) is 3.98. The predicted molar refractivity (Wildman–Crippen MR) is 117 cm³/mol. The average Bonchev–Trinajstić information content (AvgIpc) is 3.10. The molecule has 0 saturated heterocycles. The number of hydrogen-bond acceptors (Lipinski definition) is 4. The largest absolute Gasteiger partial charge is 0.573 e. The third-order valence-corrected chi connectivity index (χ3v) is 5.46. The minimum atomic E-state index is -4.76. The standard InChI is InChI=1S/C21H19BrF3N3O2S/c1-13(2)27-19(29)12-31-20-26-11-18(14-3-5-15(22)6-4-14)28(20)16-7-9-17(10-8-16)30-21(23,24)25/h3-11,13H,12H2,1-2H3,(H,27,29). The Morgan fingerprint density at radius 1 is 1.16 bits per heavy atom. The van der Waals surface area contributed by atoms with Crippen molar-refractivity contribution in [2.24, 2.45) is 0 Å². The zero-order valence-corrected chi connectivity index (χ0v) is 19.0. The summed E-state index contributed by atoms with van der Waals surface area (Å²) in [6.45, 7) is 3.75. The molecule has 0 aliphatic carbocycles. The summed E-state index contributed by atoms with van der Waals surface area (Å²) in [7, 11) is 0. The monoisotopic (exact) mass is 513 g/mol. The molecular formula is C21H19BrF3N3O2S. The Labute approximate surface area is 190 Å².